The number of aliphatic imine (C=N–C) groups is 1. The van der Waals surface area contributed by atoms with E-state index in [1.807, 2.05) is 36.4 Å². The summed E-state index contributed by atoms with van der Waals surface area (Å²) in [6.07, 6.45) is -0.571. The van der Waals surface area contributed by atoms with Gasteiger partial charge in [0.2, 0.25) is 5.90 Å². The van der Waals surface area contributed by atoms with E-state index in [0.717, 1.165) is 5.56 Å². The van der Waals surface area contributed by atoms with Gasteiger partial charge in [0.15, 0.2) is 12.1 Å². The maximum atomic E-state index is 12.2. The highest BCUT2D eigenvalue weighted by Gasteiger charge is 2.40. The molecule has 25 heavy (non-hydrogen) atoms. The second-order valence-electron chi connectivity index (χ2n) is 5.39. The predicted octanol–water partition coefficient (Wildman–Crippen LogP) is 2.76. The van der Waals surface area contributed by atoms with Gasteiger partial charge >= 0.3 is 5.97 Å². The number of carbonyl (C=O) groups is 1. The van der Waals surface area contributed by atoms with Gasteiger partial charge in [-0.15, -0.1) is 0 Å². The molecule has 0 N–H and O–H groups in total. The number of rotatable bonds is 5. The van der Waals surface area contributed by atoms with Gasteiger partial charge in [0.1, 0.15) is 17.1 Å². The van der Waals surface area contributed by atoms with Crippen molar-refractivity contribution in [3.05, 3.63) is 59.7 Å². The van der Waals surface area contributed by atoms with Crippen LogP contribution in [0.3, 0.4) is 0 Å². The zero-order valence-electron chi connectivity index (χ0n) is 14.3. The van der Waals surface area contributed by atoms with Crippen LogP contribution in [-0.4, -0.2) is 39.2 Å². The van der Waals surface area contributed by atoms with Gasteiger partial charge < -0.3 is 18.9 Å². The molecule has 6 heteroatoms. The predicted molar refractivity (Wildman–Crippen MR) is 92.2 cm³/mol. The second-order valence-corrected chi connectivity index (χ2v) is 5.39. The molecule has 2 atom stereocenters. The summed E-state index contributed by atoms with van der Waals surface area (Å²) in [6.45, 7) is 0. The van der Waals surface area contributed by atoms with Gasteiger partial charge in [0, 0.05) is 0 Å². The molecule has 130 valence electrons. The van der Waals surface area contributed by atoms with Gasteiger partial charge in [-0.25, -0.2) is 9.79 Å². The first-order chi connectivity index (χ1) is 12.2. The van der Waals surface area contributed by atoms with Crippen molar-refractivity contribution >= 4 is 11.9 Å². The first-order valence-electron chi connectivity index (χ1n) is 7.78. The Morgan fingerprint density at radius 2 is 1.60 bits per heavy atom. The van der Waals surface area contributed by atoms with Gasteiger partial charge in [-0.1, -0.05) is 36.4 Å². The van der Waals surface area contributed by atoms with Gasteiger partial charge in [0.05, 0.1) is 21.3 Å². The summed E-state index contributed by atoms with van der Waals surface area (Å²) < 4.78 is 21.8. The topological polar surface area (TPSA) is 66.4 Å². The van der Waals surface area contributed by atoms with Crippen LogP contribution < -0.4 is 9.47 Å². The van der Waals surface area contributed by atoms with Crippen molar-refractivity contribution in [2.75, 3.05) is 21.3 Å². The van der Waals surface area contributed by atoms with Crippen LogP contribution in [0.2, 0.25) is 0 Å². The van der Waals surface area contributed by atoms with Crippen molar-refractivity contribution in [3.8, 4) is 11.5 Å². The lowest BCUT2D eigenvalue weighted by Crippen LogP contribution is -2.25. The zero-order valence-corrected chi connectivity index (χ0v) is 14.3. The van der Waals surface area contributed by atoms with E-state index < -0.39 is 18.1 Å². The fraction of sp³-hybridized carbons (Fsp3) is 0.263. The molecule has 1 aliphatic rings. The highest BCUT2D eigenvalue weighted by molar-refractivity contribution is 6.02. The standard InChI is InChI=1S/C19H19NO5/c1-22-13-10-7-11-14(23-2)15(13)18-20-16(19(21)24-3)17(25-18)12-8-5-4-6-9-12/h4-11,16-17H,1-3H3/t16-,17+/m1/s1. The van der Waals surface area contributed by atoms with Crippen molar-refractivity contribution in [2.45, 2.75) is 12.1 Å². The Labute approximate surface area is 146 Å². The summed E-state index contributed by atoms with van der Waals surface area (Å²) in [4.78, 5) is 16.7. The summed E-state index contributed by atoms with van der Waals surface area (Å²) in [7, 11) is 4.45. The van der Waals surface area contributed by atoms with E-state index in [4.69, 9.17) is 18.9 Å². The number of hydrogen-bond acceptors (Lipinski definition) is 6. The Hall–Kier alpha value is -3.02. The van der Waals surface area contributed by atoms with Crippen LogP contribution in [0.5, 0.6) is 11.5 Å². The zero-order chi connectivity index (χ0) is 17.8. The lowest BCUT2D eigenvalue weighted by Gasteiger charge is -2.17. The average molecular weight is 341 g/mol. The van der Waals surface area contributed by atoms with Crippen LogP contribution in [-0.2, 0) is 14.3 Å². The molecule has 1 heterocycles. The fourth-order valence-electron chi connectivity index (χ4n) is 2.78. The molecule has 0 unspecified atom stereocenters. The molecule has 0 bridgehead atoms. The van der Waals surface area contributed by atoms with E-state index in [1.54, 1.807) is 26.4 Å². The SMILES string of the molecule is COC(=O)[C@@H]1N=C(c2c(OC)cccc2OC)O[C@H]1c1ccccc1. The second kappa shape index (κ2) is 7.25. The fourth-order valence-corrected chi connectivity index (χ4v) is 2.78. The number of esters is 1. The molecule has 3 rings (SSSR count). The maximum absolute atomic E-state index is 12.2. The van der Waals surface area contributed by atoms with E-state index in [-0.39, 0.29) is 0 Å². The molecule has 6 nitrogen and oxygen atoms in total. The molecule has 0 aromatic heterocycles. The van der Waals surface area contributed by atoms with Crippen molar-refractivity contribution in [1.82, 2.24) is 0 Å². The highest BCUT2D eigenvalue weighted by atomic mass is 16.5. The molecule has 0 radical (unpaired) electrons. The molecule has 0 saturated carbocycles. The first-order valence-corrected chi connectivity index (χ1v) is 7.78. The molecular weight excluding hydrogens is 322 g/mol. The Kier molecular flexibility index (Phi) is 4.88. The maximum Gasteiger partial charge on any atom is 0.335 e. The van der Waals surface area contributed by atoms with Crippen molar-refractivity contribution < 1.29 is 23.7 Å². The van der Waals surface area contributed by atoms with Crippen LogP contribution in [0.1, 0.15) is 17.2 Å². The molecule has 0 amide bonds. The Balaban J connectivity index is 2.05. The van der Waals surface area contributed by atoms with Crippen LogP contribution in [0.15, 0.2) is 53.5 Å². The van der Waals surface area contributed by atoms with E-state index in [0.29, 0.717) is 23.0 Å². The van der Waals surface area contributed by atoms with Gasteiger partial charge in [-0.05, 0) is 17.7 Å². The van der Waals surface area contributed by atoms with E-state index in [2.05, 4.69) is 4.99 Å². The van der Waals surface area contributed by atoms with Crippen LogP contribution in [0, 0.1) is 0 Å². The smallest absolute Gasteiger partial charge is 0.335 e. The lowest BCUT2D eigenvalue weighted by atomic mass is 10.0. The van der Waals surface area contributed by atoms with Crippen LogP contribution in [0.25, 0.3) is 0 Å². The number of carbonyl (C=O) groups excluding carboxylic acids is 1. The normalized spacial score (nSPS) is 18.9. The number of nitrogens with zero attached hydrogens (tertiary/aromatic N) is 1. The monoisotopic (exact) mass is 341 g/mol. The number of benzene rings is 2. The molecule has 0 spiro atoms. The molecule has 0 fully saturated rings. The number of hydrogen-bond donors (Lipinski definition) is 0. The molecule has 0 aliphatic carbocycles. The minimum atomic E-state index is -0.794. The van der Waals surface area contributed by atoms with E-state index in [9.17, 15) is 4.79 Å². The third kappa shape index (κ3) is 3.15. The van der Waals surface area contributed by atoms with Crippen LogP contribution >= 0.6 is 0 Å². The Morgan fingerprint density at radius 1 is 0.960 bits per heavy atom. The minimum absolute atomic E-state index is 0.290. The summed E-state index contributed by atoms with van der Waals surface area (Å²) in [6, 6.07) is 14.0. The third-order valence-corrected chi connectivity index (χ3v) is 3.99. The van der Waals surface area contributed by atoms with Crippen molar-refractivity contribution in [3.63, 3.8) is 0 Å². The van der Waals surface area contributed by atoms with Crippen molar-refractivity contribution in [1.29, 1.82) is 0 Å². The average Bonchev–Trinajstić information content (AvgIpc) is 3.12. The molecular formula is C19H19NO5. The molecule has 1 aliphatic heterocycles. The van der Waals surface area contributed by atoms with Gasteiger partial charge in [0.25, 0.3) is 0 Å². The summed E-state index contributed by atoms with van der Waals surface area (Å²) in [5.41, 5.74) is 1.41. The summed E-state index contributed by atoms with van der Waals surface area (Å²) in [5.74, 6) is 0.933. The van der Waals surface area contributed by atoms with Gasteiger partial charge in [-0.3, -0.25) is 0 Å². The third-order valence-electron chi connectivity index (χ3n) is 3.99. The summed E-state index contributed by atoms with van der Waals surface area (Å²) in [5, 5.41) is 0. The quantitative estimate of drug-likeness (QED) is 0.783. The number of methoxy groups -OCH3 is 3. The Morgan fingerprint density at radius 3 is 2.16 bits per heavy atom. The summed E-state index contributed by atoms with van der Waals surface area (Å²) >= 11 is 0. The Bertz CT molecular complexity index is 765. The molecule has 2 aromatic rings. The number of ether oxygens (including phenoxy) is 4. The highest BCUT2D eigenvalue weighted by Crippen LogP contribution is 2.37. The van der Waals surface area contributed by atoms with E-state index in [1.165, 1.54) is 7.11 Å². The lowest BCUT2D eigenvalue weighted by molar-refractivity contribution is -0.143. The van der Waals surface area contributed by atoms with E-state index >= 15 is 0 Å². The molecule has 0 saturated heterocycles. The largest absolute Gasteiger partial charge is 0.496 e. The molecule has 2 aromatic carbocycles. The van der Waals surface area contributed by atoms with Crippen LogP contribution in [0.4, 0.5) is 0 Å². The van der Waals surface area contributed by atoms with Crippen molar-refractivity contribution in [2.24, 2.45) is 4.99 Å². The minimum Gasteiger partial charge on any atom is -0.496 e. The first kappa shape index (κ1) is 16.8. The van der Waals surface area contributed by atoms with Gasteiger partial charge in [-0.2, -0.15) is 0 Å².